The van der Waals surface area contributed by atoms with Gasteiger partial charge in [0.15, 0.2) is 0 Å². The lowest BCUT2D eigenvalue weighted by Crippen LogP contribution is -2.51. The third-order valence-corrected chi connectivity index (χ3v) is 6.85. The first-order valence-electron chi connectivity index (χ1n) is 10.6. The molecule has 0 aromatic heterocycles. The minimum Gasteiger partial charge on any atom is -0.354 e. The normalized spacial score (nSPS) is 12.2. The fourth-order valence-electron chi connectivity index (χ4n) is 3.15. The molecule has 2 amide bonds. The van der Waals surface area contributed by atoms with Gasteiger partial charge >= 0.3 is 0 Å². The maximum atomic E-state index is 13.4. The zero-order valence-corrected chi connectivity index (χ0v) is 21.3. The fraction of sp³-hybridized carbons (Fsp3) is 0.391. The number of nitrogens with zero attached hydrogens (tertiary/aromatic N) is 2. The smallest absolute Gasteiger partial charge is 0.244 e. The van der Waals surface area contributed by atoms with Crippen LogP contribution in [-0.4, -0.2) is 50.5 Å². The van der Waals surface area contributed by atoms with E-state index in [0.29, 0.717) is 27.8 Å². The van der Waals surface area contributed by atoms with E-state index in [2.05, 4.69) is 5.32 Å². The van der Waals surface area contributed by atoms with E-state index in [9.17, 15) is 18.0 Å². The molecule has 0 aliphatic rings. The van der Waals surface area contributed by atoms with Gasteiger partial charge in [0.25, 0.3) is 0 Å². The number of benzene rings is 2. The predicted molar refractivity (Wildman–Crippen MR) is 133 cm³/mol. The van der Waals surface area contributed by atoms with E-state index in [0.717, 1.165) is 23.4 Å². The Morgan fingerprint density at radius 2 is 1.70 bits per heavy atom. The lowest BCUT2D eigenvalue weighted by molar-refractivity contribution is -0.139. The summed E-state index contributed by atoms with van der Waals surface area (Å²) in [4.78, 5) is 27.5. The largest absolute Gasteiger partial charge is 0.354 e. The molecule has 2 aromatic carbocycles. The summed E-state index contributed by atoms with van der Waals surface area (Å²) in [6.45, 7) is 3.70. The standard InChI is InChI=1S/C23H29Cl2N3O4S/c1-4-5-14-26-23(30)17(2)27(15-18-8-6-7-9-21(18)25)22(29)16-28(33(3,31)32)20-12-10-19(24)11-13-20/h6-13,17H,4-5,14-16H2,1-3H3,(H,26,30). The Bertz CT molecular complexity index is 1060. The molecular formula is C23H29Cl2N3O4S. The lowest BCUT2D eigenvalue weighted by atomic mass is 10.1. The first-order chi connectivity index (χ1) is 15.5. The number of hydrogen-bond acceptors (Lipinski definition) is 4. The van der Waals surface area contributed by atoms with Crippen molar-refractivity contribution in [3.63, 3.8) is 0 Å². The van der Waals surface area contributed by atoms with E-state index in [-0.39, 0.29) is 12.5 Å². The van der Waals surface area contributed by atoms with E-state index in [1.165, 1.54) is 17.0 Å². The Morgan fingerprint density at radius 3 is 2.27 bits per heavy atom. The average molecular weight is 514 g/mol. The number of hydrogen-bond donors (Lipinski definition) is 1. The number of halogens is 2. The summed E-state index contributed by atoms with van der Waals surface area (Å²) < 4.78 is 26.0. The average Bonchev–Trinajstić information content (AvgIpc) is 2.76. The molecule has 2 aromatic rings. The Morgan fingerprint density at radius 1 is 1.06 bits per heavy atom. The molecule has 1 N–H and O–H groups in total. The monoisotopic (exact) mass is 513 g/mol. The second kappa shape index (κ2) is 12.3. The number of anilines is 1. The van der Waals surface area contributed by atoms with Crippen molar-refractivity contribution in [1.29, 1.82) is 0 Å². The van der Waals surface area contributed by atoms with Crippen LogP contribution in [0, 0.1) is 0 Å². The van der Waals surface area contributed by atoms with Gasteiger partial charge in [0.2, 0.25) is 21.8 Å². The van der Waals surface area contributed by atoms with Gasteiger partial charge in [-0.25, -0.2) is 8.42 Å². The van der Waals surface area contributed by atoms with Crippen LogP contribution in [0.25, 0.3) is 0 Å². The molecule has 0 bridgehead atoms. The molecule has 0 fully saturated rings. The van der Waals surface area contributed by atoms with E-state index in [4.69, 9.17) is 23.2 Å². The Balaban J connectivity index is 2.35. The third-order valence-electron chi connectivity index (χ3n) is 5.09. The molecule has 10 heteroatoms. The molecule has 0 heterocycles. The number of carbonyl (C=O) groups is 2. The van der Waals surface area contributed by atoms with Crippen molar-refractivity contribution in [2.75, 3.05) is 23.7 Å². The molecule has 2 rings (SSSR count). The number of nitrogens with one attached hydrogen (secondary N) is 1. The van der Waals surface area contributed by atoms with Gasteiger partial charge in [0, 0.05) is 23.1 Å². The zero-order chi connectivity index (χ0) is 24.6. The number of sulfonamides is 1. The van der Waals surface area contributed by atoms with Crippen LogP contribution in [0.3, 0.4) is 0 Å². The number of unbranched alkanes of at least 4 members (excludes halogenated alkanes) is 1. The summed E-state index contributed by atoms with van der Waals surface area (Å²) in [5.74, 6) is -0.852. The lowest BCUT2D eigenvalue weighted by Gasteiger charge is -2.31. The summed E-state index contributed by atoms with van der Waals surface area (Å²) in [5.41, 5.74) is 0.950. The molecule has 0 spiro atoms. The highest BCUT2D eigenvalue weighted by molar-refractivity contribution is 7.92. The second-order valence-corrected chi connectivity index (χ2v) is 10.4. The highest BCUT2D eigenvalue weighted by Gasteiger charge is 2.30. The highest BCUT2D eigenvalue weighted by atomic mass is 35.5. The summed E-state index contributed by atoms with van der Waals surface area (Å²) in [6.07, 6.45) is 2.75. The zero-order valence-electron chi connectivity index (χ0n) is 18.9. The molecule has 0 radical (unpaired) electrons. The molecule has 33 heavy (non-hydrogen) atoms. The predicted octanol–water partition coefficient (Wildman–Crippen LogP) is 4.09. The molecule has 1 atom stereocenters. The minimum absolute atomic E-state index is 0.0547. The molecule has 180 valence electrons. The summed E-state index contributed by atoms with van der Waals surface area (Å²) in [6, 6.07) is 12.3. The minimum atomic E-state index is -3.79. The van der Waals surface area contributed by atoms with Gasteiger partial charge in [-0.05, 0) is 49.2 Å². The molecule has 0 aliphatic heterocycles. The highest BCUT2D eigenvalue weighted by Crippen LogP contribution is 2.22. The van der Waals surface area contributed by atoms with Crippen LogP contribution in [0.15, 0.2) is 48.5 Å². The SMILES string of the molecule is CCCCNC(=O)C(C)N(Cc1ccccc1Cl)C(=O)CN(c1ccc(Cl)cc1)S(C)(=O)=O. The van der Waals surface area contributed by atoms with Crippen LogP contribution in [0.5, 0.6) is 0 Å². The molecule has 7 nitrogen and oxygen atoms in total. The third kappa shape index (κ3) is 7.91. The molecule has 0 aliphatic carbocycles. The Hall–Kier alpha value is -2.29. The van der Waals surface area contributed by atoms with E-state index in [1.807, 2.05) is 6.92 Å². The van der Waals surface area contributed by atoms with Crippen molar-refractivity contribution < 1.29 is 18.0 Å². The van der Waals surface area contributed by atoms with Gasteiger partial charge in [-0.15, -0.1) is 0 Å². The molecule has 1 unspecified atom stereocenters. The van der Waals surface area contributed by atoms with Crippen molar-refractivity contribution in [3.05, 3.63) is 64.1 Å². The maximum Gasteiger partial charge on any atom is 0.244 e. The van der Waals surface area contributed by atoms with Crippen LogP contribution in [0.1, 0.15) is 32.3 Å². The molecule has 0 saturated heterocycles. The van der Waals surface area contributed by atoms with Gasteiger partial charge in [0.05, 0.1) is 11.9 Å². The maximum absolute atomic E-state index is 13.4. The van der Waals surface area contributed by atoms with Gasteiger partial charge in [-0.3, -0.25) is 13.9 Å². The van der Waals surface area contributed by atoms with Crippen LogP contribution >= 0.6 is 23.2 Å². The molecule has 0 saturated carbocycles. The van der Waals surface area contributed by atoms with Crippen molar-refractivity contribution >= 4 is 50.7 Å². The first-order valence-corrected chi connectivity index (χ1v) is 13.2. The van der Waals surface area contributed by atoms with Crippen molar-refractivity contribution in [2.24, 2.45) is 0 Å². The topological polar surface area (TPSA) is 86.8 Å². The van der Waals surface area contributed by atoms with Crippen molar-refractivity contribution in [3.8, 4) is 0 Å². The van der Waals surface area contributed by atoms with Crippen LogP contribution in [0.4, 0.5) is 5.69 Å². The van der Waals surface area contributed by atoms with Crippen molar-refractivity contribution in [1.82, 2.24) is 10.2 Å². The van der Waals surface area contributed by atoms with Gasteiger partial charge in [-0.1, -0.05) is 54.7 Å². The second-order valence-electron chi connectivity index (χ2n) is 7.68. The van der Waals surface area contributed by atoms with Crippen molar-refractivity contribution in [2.45, 2.75) is 39.3 Å². The van der Waals surface area contributed by atoms with Gasteiger partial charge < -0.3 is 10.2 Å². The van der Waals surface area contributed by atoms with Gasteiger partial charge in [-0.2, -0.15) is 0 Å². The number of rotatable bonds is 11. The van der Waals surface area contributed by atoms with Crippen LogP contribution in [-0.2, 0) is 26.2 Å². The van der Waals surface area contributed by atoms with E-state index >= 15 is 0 Å². The van der Waals surface area contributed by atoms with Crippen LogP contribution < -0.4 is 9.62 Å². The fourth-order valence-corrected chi connectivity index (χ4v) is 4.32. The first kappa shape index (κ1) is 27.0. The quantitative estimate of drug-likeness (QED) is 0.458. The van der Waals surface area contributed by atoms with E-state index < -0.39 is 28.5 Å². The molecular weight excluding hydrogens is 485 g/mol. The Labute approximate surface area is 205 Å². The summed E-state index contributed by atoms with van der Waals surface area (Å²) in [5, 5.41) is 3.72. The van der Waals surface area contributed by atoms with Crippen LogP contribution in [0.2, 0.25) is 10.0 Å². The Kier molecular flexibility index (Phi) is 10.0. The van der Waals surface area contributed by atoms with E-state index in [1.54, 1.807) is 43.3 Å². The van der Waals surface area contributed by atoms with Gasteiger partial charge in [0.1, 0.15) is 12.6 Å². The summed E-state index contributed by atoms with van der Waals surface area (Å²) in [7, 11) is -3.79. The summed E-state index contributed by atoms with van der Waals surface area (Å²) >= 11 is 12.2. The number of carbonyl (C=O) groups excluding carboxylic acids is 2. The number of amides is 2.